The van der Waals surface area contributed by atoms with Crippen molar-refractivity contribution in [3.8, 4) is 0 Å². The number of rotatable bonds is 0. The van der Waals surface area contributed by atoms with E-state index in [0.717, 1.165) is 10.9 Å². The third kappa shape index (κ3) is 1.20. The summed E-state index contributed by atoms with van der Waals surface area (Å²) in [6, 6.07) is 7.44. The Balaban J connectivity index is 2.65. The molecule has 0 radical (unpaired) electrons. The van der Waals surface area contributed by atoms with Crippen LogP contribution in [0, 0.1) is 6.92 Å². The molecule has 0 bridgehead atoms. The molecule has 0 saturated heterocycles. The van der Waals surface area contributed by atoms with Gasteiger partial charge < -0.3 is 4.42 Å². The summed E-state index contributed by atoms with van der Waals surface area (Å²) in [6.07, 6.45) is 1.60. The van der Waals surface area contributed by atoms with E-state index in [4.69, 9.17) is 4.42 Å². The molecule has 0 unspecified atom stereocenters. The summed E-state index contributed by atoms with van der Waals surface area (Å²) in [5.74, 6) is 0.356. The third-order valence-electron chi connectivity index (χ3n) is 2.48. The molecule has 16 heavy (non-hydrogen) atoms. The van der Waals surface area contributed by atoms with Crippen LogP contribution < -0.4 is 5.63 Å². The number of benzene rings is 1. The van der Waals surface area contributed by atoms with Crippen molar-refractivity contribution in [1.29, 1.82) is 0 Å². The van der Waals surface area contributed by atoms with Crippen LogP contribution >= 0.6 is 0 Å². The van der Waals surface area contributed by atoms with E-state index in [1.165, 1.54) is 0 Å². The van der Waals surface area contributed by atoms with Crippen molar-refractivity contribution in [3.05, 3.63) is 46.8 Å². The van der Waals surface area contributed by atoms with Gasteiger partial charge in [0.25, 0.3) is 0 Å². The van der Waals surface area contributed by atoms with Crippen LogP contribution in [0.15, 0.2) is 39.7 Å². The maximum Gasteiger partial charge on any atom is 0.347 e. The van der Waals surface area contributed by atoms with Gasteiger partial charge in [-0.3, -0.25) is 4.98 Å². The first-order chi connectivity index (χ1) is 7.75. The molecule has 3 aromatic rings. The second kappa shape index (κ2) is 3.13. The lowest BCUT2D eigenvalue weighted by molar-refractivity contribution is 0.467. The Labute approximate surface area is 90.6 Å². The van der Waals surface area contributed by atoms with Gasteiger partial charge in [0.1, 0.15) is 5.52 Å². The fourth-order valence-electron chi connectivity index (χ4n) is 1.81. The Hall–Kier alpha value is -2.23. The molecule has 0 aliphatic rings. The summed E-state index contributed by atoms with van der Waals surface area (Å²) in [4.78, 5) is 20.2. The summed E-state index contributed by atoms with van der Waals surface area (Å²) in [6.45, 7) is 1.65. The number of hydrogen-bond acceptors (Lipinski definition) is 4. The van der Waals surface area contributed by atoms with Crippen LogP contribution in [0.4, 0.5) is 0 Å². The average Bonchev–Trinajstić information content (AvgIpc) is 2.28. The van der Waals surface area contributed by atoms with Gasteiger partial charge in [0.15, 0.2) is 5.89 Å². The lowest BCUT2D eigenvalue weighted by Crippen LogP contribution is -2.04. The van der Waals surface area contributed by atoms with Crippen molar-refractivity contribution in [2.24, 2.45) is 0 Å². The van der Waals surface area contributed by atoms with Crippen LogP contribution in [0.5, 0.6) is 0 Å². The van der Waals surface area contributed by atoms with Gasteiger partial charge in [-0.2, -0.15) is 0 Å². The minimum absolute atomic E-state index is 0.356. The molecular formula is C12H8N2O2. The first-order valence-electron chi connectivity index (χ1n) is 4.91. The van der Waals surface area contributed by atoms with Gasteiger partial charge >= 0.3 is 5.63 Å². The van der Waals surface area contributed by atoms with Crippen molar-refractivity contribution in [3.63, 3.8) is 0 Å². The number of aryl methyl sites for hydroxylation is 1. The molecule has 0 saturated carbocycles. The van der Waals surface area contributed by atoms with Gasteiger partial charge in [0.05, 0.1) is 17.1 Å². The number of para-hydroxylation sites is 1. The van der Waals surface area contributed by atoms with E-state index < -0.39 is 0 Å². The van der Waals surface area contributed by atoms with E-state index in [-0.39, 0.29) is 5.63 Å². The van der Waals surface area contributed by atoms with Crippen molar-refractivity contribution in [2.75, 3.05) is 0 Å². The lowest BCUT2D eigenvalue weighted by atomic mass is 10.1. The average molecular weight is 212 g/mol. The zero-order chi connectivity index (χ0) is 11.1. The number of aromatic nitrogens is 2. The van der Waals surface area contributed by atoms with E-state index in [1.54, 1.807) is 13.1 Å². The Morgan fingerprint density at radius 3 is 2.88 bits per heavy atom. The minimum atomic E-state index is -0.360. The van der Waals surface area contributed by atoms with Gasteiger partial charge in [0.2, 0.25) is 0 Å². The third-order valence-corrected chi connectivity index (χ3v) is 2.48. The summed E-state index contributed by atoms with van der Waals surface area (Å²) in [7, 11) is 0. The van der Waals surface area contributed by atoms with Crippen molar-refractivity contribution >= 4 is 21.8 Å². The Morgan fingerprint density at radius 1 is 1.19 bits per heavy atom. The second-order valence-corrected chi connectivity index (χ2v) is 3.56. The molecule has 4 heteroatoms. The van der Waals surface area contributed by atoms with Gasteiger partial charge in [-0.1, -0.05) is 18.2 Å². The maximum atomic E-state index is 11.8. The Morgan fingerprint density at radius 2 is 2.00 bits per heavy atom. The van der Waals surface area contributed by atoms with Crippen molar-refractivity contribution in [1.82, 2.24) is 9.97 Å². The summed E-state index contributed by atoms with van der Waals surface area (Å²) in [5, 5.41) is 1.28. The molecule has 0 aliphatic carbocycles. The minimum Gasteiger partial charge on any atom is -0.408 e. The second-order valence-electron chi connectivity index (χ2n) is 3.56. The fourth-order valence-corrected chi connectivity index (χ4v) is 1.81. The SMILES string of the molecule is Cc1nc2cnc3ccccc3c2c(=O)o1. The monoisotopic (exact) mass is 212 g/mol. The first-order valence-corrected chi connectivity index (χ1v) is 4.91. The quantitative estimate of drug-likeness (QED) is 0.535. The molecule has 3 rings (SSSR count). The predicted octanol–water partition coefficient (Wildman–Crippen LogP) is 2.04. The highest BCUT2D eigenvalue weighted by Crippen LogP contribution is 2.18. The molecule has 4 nitrogen and oxygen atoms in total. The van der Waals surface area contributed by atoms with Crippen LogP contribution in [-0.4, -0.2) is 9.97 Å². The number of fused-ring (bicyclic) bond motifs is 3. The van der Waals surface area contributed by atoms with Crippen molar-refractivity contribution in [2.45, 2.75) is 6.92 Å². The van der Waals surface area contributed by atoms with E-state index >= 15 is 0 Å². The number of nitrogens with zero attached hydrogens (tertiary/aromatic N) is 2. The standard InChI is InChI=1S/C12H8N2O2/c1-7-14-10-6-13-9-5-3-2-4-8(9)11(10)12(15)16-7/h2-6H,1H3. The molecule has 0 atom stereocenters. The van der Waals surface area contributed by atoms with Crippen LogP contribution in [0.1, 0.15) is 5.89 Å². The summed E-state index contributed by atoms with van der Waals surface area (Å²) in [5.41, 5.74) is 0.988. The maximum absolute atomic E-state index is 11.8. The molecule has 1 aromatic carbocycles. The number of hydrogen-bond donors (Lipinski definition) is 0. The predicted molar refractivity (Wildman–Crippen MR) is 60.3 cm³/mol. The Kier molecular flexibility index (Phi) is 1.77. The topological polar surface area (TPSA) is 56.0 Å². The molecule has 0 amide bonds. The van der Waals surface area contributed by atoms with Crippen LogP contribution in [0.25, 0.3) is 21.8 Å². The molecule has 0 aliphatic heterocycles. The zero-order valence-electron chi connectivity index (χ0n) is 8.60. The fraction of sp³-hybridized carbons (Fsp3) is 0.0833. The van der Waals surface area contributed by atoms with E-state index in [9.17, 15) is 4.79 Å². The lowest BCUT2D eigenvalue weighted by Gasteiger charge is -2.01. The van der Waals surface area contributed by atoms with Crippen LogP contribution in [0.2, 0.25) is 0 Å². The highest BCUT2D eigenvalue weighted by atomic mass is 16.4. The summed E-state index contributed by atoms with van der Waals surface area (Å²) < 4.78 is 5.00. The van der Waals surface area contributed by atoms with E-state index in [0.29, 0.717) is 16.8 Å². The van der Waals surface area contributed by atoms with Gasteiger partial charge in [0, 0.05) is 12.3 Å². The highest BCUT2D eigenvalue weighted by Gasteiger charge is 2.08. The molecular weight excluding hydrogens is 204 g/mol. The Bertz CT molecular complexity index is 747. The molecule has 0 N–H and O–H groups in total. The molecule has 0 fully saturated rings. The van der Waals surface area contributed by atoms with Crippen molar-refractivity contribution < 1.29 is 4.42 Å². The highest BCUT2D eigenvalue weighted by molar-refractivity contribution is 6.02. The van der Waals surface area contributed by atoms with Crippen LogP contribution in [0.3, 0.4) is 0 Å². The summed E-state index contributed by atoms with van der Waals surface area (Å²) >= 11 is 0. The largest absolute Gasteiger partial charge is 0.408 e. The van der Waals surface area contributed by atoms with Gasteiger partial charge in [-0.25, -0.2) is 9.78 Å². The van der Waals surface area contributed by atoms with Gasteiger partial charge in [-0.05, 0) is 6.07 Å². The van der Waals surface area contributed by atoms with Gasteiger partial charge in [-0.15, -0.1) is 0 Å². The van der Waals surface area contributed by atoms with E-state index in [1.807, 2.05) is 24.3 Å². The van der Waals surface area contributed by atoms with Crippen LogP contribution in [-0.2, 0) is 0 Å². The molecule has 2 aromatic heterocycles. The van der Waals surface area contributed by atoms with E-state index in [2.05, 4.69) is 9.97 Å². The smallest absolute Gasteiger partial charge is 0.347 e. The molecule has 0 spiro atoms. The zero-order valence-corrected chi connectivity index (χ0v) is 8.60. The number of pyridine rings is 1. The normalized spacial score (nSPS) is 11.1. The molecule has 2 heterocycles. The molecule has 78 valence electrons. The first kappa shape index (κ1) is 9.03.